The van der Waals surface area contributed by atoms with Crippen LogP contribution < -0.4 is 0 Å². The predicted molar refractivity (Wildman–Crippen MR) is 73.7 cm³/mol. The maximum atomic E-state index is 9.64. The largest absolute Gasteiger partial charge is 0.693 e. The maximum absolute atomic E-state index is 9.64. The fourth-order valence-corrected chi connectivity index (χ4v) is 0.262. The van der Waals surface area contributed by atoms with Gasteiger partial charge in [-0.05, 0) is 0 Å². The minimum absolute atomic E-state index is 0. The van der Waals surface area contributed by atoms with Crippen LogP contribution in [0.2, 0.25) is 0 Å². The van der Waals surface area contributed by atoms with Crippen molar-refractivity contribution in [2.24, 2.45) is 0 Å². The molecule has 0 bridgehead atoms. The normalized spacial score (nSPS) is 5.95. The van der Waals surface area contributed by atoms with Gasteiger partial charge in [-0.2, -0.15) is 6.42 Å². The van der Waals surface area contributed by atoms with Crippen LogP contribution in [0.25, 0.3) is 17.6 Å². The molecule has 4 N–H and O–H groups in total. The third-order valence-corrected chi connectivity index (χ3v) is 0.864. The average Bonchev–Trinajstić information content (AvgIpc) is 2.18. The molecule has 2 amide bonds. The van der Waals surface area contributed by atoms with Gasteiger partial charge in [0.25, 0.3) is 0 Å². The molecular formula is C12H21N3O2Y2-4. The Morgan fingerprint density at radius 1 is 0.895 bits per heavy atom. The standard InChI is InChI=1S/2C4H7NO.C4H7.H2N.2Y/c2*1-2-3-4(5)6;1-3-4-2;;;/h2*2H,1,3H2,(H2,5,6);3H,1-2,4H2;1H2;;/q;;2*-1;;/p-2. The van der Waals surface area contributed by atoms with Gasteiger partial charge < -0.3 is 34.1 Å². The molecule has 19 heavy (non-hydrogen) atoms. The summed E-state index contributed by atoms with van der Waals surface area (Å²) >= 11 is 0. The van der Waals surface area contributed by atoms with E-state index in [1.807, 2.05) is 0 Å². The number of amides is 2. The molecule has 0 saturated heterocycles. The van der Waals surface area contributed by atoms with Crippen LogP contribution >= 0.6 is 0 Å². The zero-order chi connectivity index (χ0) is 13.4. The number of hydrogen-bond donors (Lipinski definition) is 0. The van der Waals surface area contributed by atoms with Gasteiger partial charge in [0.15, 0.2) is 0 Å². The Morgan fingerprint density at radius 2 is 1.11 bits per heavy atom. The Balaban J connectivity index is -0.0000000315. The number of rotatable bonds is 5. The zero-order valence-electron chi connectivity index (χ0n) is 11.2. The molecule has 0 aromatic carbocycles. The SMILES string of the molecule is C=CCC([NH-])=O.C=CCC([NH-])=O.C=CC[CH2-].[NH2-].[Y].[Y]. The number of allylic oxidation sites excluding steroid dienone is 1. The predicted octanol–water partition coefficient (Wildman–Crippen LogP) is 4.39. The first-order valence-corrected chi connectivity index (χ1v) is 4.56. The van der Waals surface area contributed by atoms with Gasteiger partial charge in [-0.15, -0.1) is 25.8 Å². The quantitative estimate of drug-likeness (QED) is 0.488. The van der Waals surface area contributed by atoms with Crippen molar-refractivity contribution in [1.29, 1.82) is 0 Å². The van der Waals surface area contributed by atoms with Gasteiger partial charge in [0, 0.05) is 78.3 Å². The van der Waals surface area contributed by atoms with E-state index in [9.17, 15) is 9.59 Å². The smallest absolute Gasteiger partial charge is 0.0525 e. The van der Waals surface area contributed by atoms with Gasteiger partial charge >= 0.3 is 0 Å². The van der Waals surface area contributed by atoms with E-state index in [0.717, 1.165) is 6.42 Å². The van der Waals surface area contributed by atoms with Gasteiger partial charge in [0.2, 0.25) is 0 Å². The topological polar surface area (TPSA) is 115 Å². The van der Waals surface area contributed by atoms with Crippen molar-refractivity contribution in [2.75, 3.05) is 0 Å². The molecule has 106 valence electrons. The van der Waals surface area contributed by atoms with Crippen molar-refractivity contribution in [3.05, 3.63) is 62.5 Å². The fraction of sp³-hybridized carbons (Fsp3) is 0.250. The Kier molecular flexibility index (Phi) is 69.7. The molecule has 0 aromatic heterocycles. The molecule has 0 fully saturated rings. The van der Waals surface area contributed by atoms with Crippen molar-refractivity contribution < 1.29 is 75.0 Å². The van der Waals surface area contributed by atoms with Gasteiger partial charge in [-0.25, -0.2) is 0 Å². The van der Waals surface area contributed by atoms with Crippen LogP contribution in [0.15, 0.2) is 38.0 Å². The molecule has 0 unspecified atom stereocenters. The number of nitrogens with one attached hydrogen (secondary N) is 2. The summed E-state index contributed by atoms with van der Waals surface area (Å²) in [5.41, 5.74) is 12.5. The fourth-order valence-electron chi connectivity index (χ4n) is 0.262. The van der Waals surface area contributed by atoms with Crippen molar-refractivity contribution in [3.63, 3.8) is 0 Å². The van der Waals surface area contributed by atoms with Crippen LogP contribution in [0.3, 0.4) is 0 Å². The first kappa shape index (κ1) is 36.5. The maximum Gasteiger partial charge on any atom is 0.0525 e. The summed E-state index contributed by atoms with van der Waals surface area (Å²) in [7, 11) is 0. The molecule has 0 spiro atoms. The summed E-state index contributed by atoms with van der Waals surface area (Å²) in [6.45, 7) is 13.4. The van der Waals surface area contributed by atoms with Crippen molar-refractivity contribution >= 4 is 11.8 Å². The Bertz CT molecular complexity index is 215. The molecule has 2 radical (unpaired) electrons. The second-order valence-electron chi connectivity index (χ2n) is 2.41. The van der Waals surface area contributed by atoms with Crippen molar-refractivity contribution in [2.45, 2.75) is 19.3 Å². The van der Waals surface area contributed by atoms with Gasteiger partial charge in [-0.1, -0.05) is 12.2 Å². The number of nitrogens with two attached hydrogens (primary N) is 1. The minimum Gasteiger partial charge on any atom is -0.693 e. The Labute approximate surface area is 167 Å². The van der Waals surface area contributed by atoms with Crippen LogP contribution in [0, 0.1) is 6.92 Å². The van der Waals surface area contributed by atoms with Crippen LogP contribution in [-0.2, 0) is 75.0 Å². The number of hydrogen-bond acceptors (Lipinski definition) is 2. The van der Waals surface area contributed by atoms with Crippen LogP contribution in [-0.4, -0.2) is 11.8 Å². The first-order chi connectivity index (χ1) is 7.45. The van der Waals surface area contributed by atoms with Crippen molar-refractivity contribution in [1.82, 2.24) is 0 Å². The average molecular weight is 417 g/mol. The summed E-state index contributed by atoms with van der Waals surface area (Å²) in [5, 5.41) is 0. The van der Waals surface area contributed by atoms with Gasteiger partial charge in [0.05, 0.1) is 11.8 Å². The van der Waals surface area contributed by atoms with E-state index < -0.39 is 11.8 Å². The van der Waals surface area contributed by atoms with Crippen LogP contribution in [0.5, 0.6) is 0 Å². The van der Waals surface area contributed by atoms with E-state index in [4.69, 9.17) is 11.5 Å². The third-order valence-electron chi connectivity index (χ3n) is 0.864. The molecule has 5 nitrogen and oxygen atoms in total. The molecule has 0 aliphatic heterocycles. The van der Waals surface area contributed by atoms with Gasteiger partial charge in [-0.3, -0.25) is 0 Å². The Morgan fingerprint density at radius 3 is 1.11 bits per heavy atom. The minimum atomic E-state index is -0.579. The van der Waals surface area contributed by atoms with E-state index in [1.54, 1.807) is 6.08 Å². The zero-order valence-corrected chi connectivity index (χ0v) is 16.9. The molecular weight excluding hydrogens is 396 g/mol. The van der Waals surface area contributed by atoms with E-state index in [2.05, 4.69) is 26.7 Å². The molecule has 7 heteroatoms. The Hall–Kier alpha value is 0.328. The monoisotopic (exact) mass is 417 g/mol. The summed E-state index contributed by atoms with van der Waals surface area (Å²) in [6, 6.07) is 0. The molecule has 0 heterocycles. The molecule has 0 rings (SSSR count). The van der Waals surface area contributed by atoms with E-state index in [-0.39, 0.29) is 84.4 Å². The molecule has 0 aliphatic rings. The van der Waals surface area contributed by atoms with Crippen LogP contribution in [0.4, 0.5) is 0 Å². The summed E-state index contributed by atoms with van der Waals surface area (Å²) in [4.78, 5) is 19.3. The van der Waals surface area contributed by atoms with Crippen LogP contribution in [0.1, 0.15) is 19.3 Å². The molecule has 0 aromatic rings. The molecule has 0 saturated carbocycles. The van der Waals surface area contributed by atoms with E-state index in [1.165, 1.54) is 12.2 Å². The third kappa shape index (κ3) is 91.0. The van der Waals surface area contributed by atoms with E-state index in [0.29, 0.717) is 0 Å². The summed E-state index contributed by atoms with van der Waals surface area (Å²) in [6.07, 6.45) is 5.75. The van der Waals surface area contributed by atoms with Gasteiger partial charge in [0.1, 0.15) is 0 Å². The molecule has 0 atom stereocenters. The van der Waals surface area contributed by atoms with Crippen molar-refractivity contribution in [3.8, 4) is 0 Å². The summed E-state index contributed by atoms with van der Waals surface area (Å²) < 4.78 is 0. The molecule has 0 aliphatic carbocycles. The number of carbonyl (C=O) groups excluding carboxylic acids is 2. The second-order valence-corrected chi connectivity index (χ2v) is 2.41. The second kappa shape index (κ2) is 36.2. The first-order valence-electron chi connectivity index (χ1n) is 4.56. The summed E-state index contributed by atoms with van der Waals surface area (Å²) in [5.74, 6) is -1.16. The van der Waals surface area contributed by atoms with E-state index >= 15 is 0 Å². The number of carbonyl (C=O) groups is 2.